The Hall–Kier alpha value is -2.50. The van der Waals surface area contributed by atoms with Gasteiger partial charge in [0.25, 0.3) is 0 Å². The molecular formula is C19H27N5O. The van der Waals surface area contributed by atoms with E-state index in [1.807, 2.05) is 30.2 Å². The second kappa shape index (κ2) is 7.59. The van der Waals surface area contributed by atoms with Crippen LogP contribution in [-0.4, -0.2) is 46.7 Å². The van der Waals surface area contributed by atoms with Crippen LogP contribution < -0.4 is 10.2 Å². The summed E-state index contributed by atoms with van der Waals surface area (Å²) in [5, 5.41) is 3.07. The minimum absolute atomic E-state index is 0.0138. The first-order valence-corrected chi connectivity index (χ1v) is 8.87. The number of carbonyl (C=O) groups is 1. The fourth-order valence-electron chi connectivity index (χ4n) is 3.41. The van der Waals surface area contributed by atoms with Crippen LogP contribution in [0.4, 0.5) is 10.5 Å². The summed E-state index contributed by atoms with van der Waals surface area (Å²) in [6, 6.07) is 8.48. The number of nitrogens with one attached hydrogen (secondary N) is 1. The molecule has 0 spiro atoms. The van der Waals surface area contributed by atoms with Crippen LogP contribution in [0.5, 0.6) is 0 Å². The summed E-state index contributed by atoms with van der Waals surface area (Å²) in [4.78, 5) is 21.1. The minimum atomic E-state index is 0.0138. The first kappa shape index (κ1) is 17.3. The number of fused-ring (bicyclic) bond motifs is 1. The molecule has 3 rings (SSSR count). The van der Waals surface area contributed by atoms with Crippen LogP contribution in [0.3, 0.4) is 0 Å². The lowest BCUT2D eigenvalue weighted by Crippen LogP contribution is -2.47. The number of amides is 2. The Balaban J connectivity index is 1.57. The van der Waals surface area contributed by atoms with Gasteiger partial charge in [-0.05, 0) is 31.9 Å². The smallest absolute Gasteiger partial charge is 0.318 e. The second-order valence-corrected chi connectivity index (χ2v) is 6.74. The van der Waals surface area contributed by atoms with Crippen molar-refractivity contribution in [3.8, 4) is 0 Å². The number of nitrogens with zero attached hydrogens (tertiary/aromatic N) is 4. The standard InChI is InChI=1S/C19H27N5O/c1-15-13-22(3)18-8-5-4-7-17(18)14-24(15)19(25)21-9-6-11-23-12-10-20-16(23)2/h4-5,7-8,10,12,15H,6,9,11,13-14H2,1-3H3,(H,21,25). The van der Waals surface area contributed by atoms with Crippen LogP contribution in [0.15, 0.2) is 36.7 Å². The largest absolute Gasteiger partial charge is 0.372 e. The van der Waals surface area contributed by atoms with E-state index in [9.17, 15) is 4.79 Å². The number of para-hydroxylation sites is 1. The Bertz CT molecular complexity index is 726. The molecule has 0 bridgehead atoms. The third kappa shape index (κ3) is 3.95. The molecule has 1 unspecified atom stereocenters. The van der Waals surface area contributed by atoms with E-state index < -0.39 is 0 Å². The lowest BCUT2D eigenvalue weighted by Gasteiger charge is -2.28. The molecule has 1 atom stereocenters. The molecule has 2 heterocycles. The number of likely N-dealkylation sites (N-methyl/N-ethyl adjacent to an activating group) is 1. The molecule has 1 aliphatic heterocycles. The van der Waals surface area contributed by atoms with E-state index in [4.69, 9.17) is 0 Å². The molecule has 0 aliphatic carbocycles. The molecule has 1 aromatic heterocycles. The van der Waals surface area contributed by atoms with Crippen LogP contribution in [-0.2, 0) is 13.1 Å². The number of aryl methyl sites for hydroxylation is 2. The third-order valence-electron chi connectivity index (χ3n) is 4.85. The van der Waals surface area contributed by atoms with Crippen molar-refractivity contribution in [1.82, 2.24) is 19.8 Å². The van der Waals surface area contributed by atoms with Crippen molar-refractivity contribution in [1.29, 1.82) is 0 Å². The van der Waals surface area contributed by atoms with Crippen LogP contribution in [0.25, 0.3) is 0 Å². The van der Waals surface area contributed by atoms with Gasteiger partial charge in [-0.1, -0.05) is 18.2 Å². The summed E-state index contributed by atoms with van der Waals surface area (Å²) in [5.74, 6) is 1.01. The van der Waals surface area contributed by atoms with Gasteiger partial charge in [-0.25, -0.2) is 9.78 Å². The third-order valence-corrected chi connectivity index (χ3v) is 4.85. The monoisotopic (exact) mass is 341 g/mol. The van der Waals surface area contributed by atoms with Gasteiger partial charge >= 0.3 is 6.03 Å². The van der Waals surface area contributed by atoms with E-state index in [0.717, 1.165) is 25.3 Å². The number of imidazole rings is 1. The Morgan fingerprint density at radius 2 is 2.16 bits per heavy atom. The molecule has 1 aromatic carbocycles. The zero-order chi connectivity index (χ0) is 17.8. The van der Waals surface area contributed by atoms with Gasteiger partial charge in [-0.15, -0.1) is 0 Å². The number of rotatable bonds is 4. The van der Waals surface area contributed by atoms with E-state index in [-0.39, 0.29) is 12.1 Å². The van der Waals surface area contributed by atoms with Crippen LogP contribution in [0.1, 0.15) is 24.7 Å². The summed E-state index contributed by atoms with van der Waals surface area (Å²) in [6.45, 7) is 7.11. The average Bonchev–Trinajstić information content (AvgIpc) is 2.95. The SMILES string of the molecule is Cc1nccn1CCCNC(=O)N1Cc2ccccc2N(C)CC1C. The van der Waals surface area contributed by atoms with Gasteiger partial charge in [0.15, 0.2) is 0 Å². The zero-order valence-electron chi connectivity index (χ0n) is 15.3. The average molecular weight is 341 g/mol. The number of hydrogen-bond acceptors (Lipinski definition) is 3. The molecule has 6 nitrogen and oxygen atoms in total. The van der Waals surface area contributed by atoms with Gasteiger partial charge in [0, 0.05) is 57.3 Å². The second-order valence-electron chi connectivity index (χ2n) is 6.74. The molecule has 0 fully saturated rings. The van der Waals surface area contributed by atoms with E-state index in [0.29, 0.717) is 13.1 Å². The Labute approximate surface area is 149 Å². The van der Waals surface area contributed by atoms with Crippen molar-refractivity contribution in [2.75, 3.05) is 25.0 Å². The normalized spacial score (nSPS) is 17.2. The first-order chi connectivity index (χ1) is 12.1. The summed E-state index contributed by atoms with van der Waals surface area (Å²) < 4.78 is 2.10. The van der Waals surface area contributed by atoms with E-state index in [1.54, 1.807) is 6.20 Å². The van der Waals surface area contributed by atoms with Crippen LogP contribution in [0, 0.1) is 6.92 Å². The fraction of sp³-hybridized carbons (Fsp3) is 0.474. The number of aromatic nitrogens is 2. The van der Waals surface area contributed by atoms with Crippen molar-refractivity contribution in [2.24, 2.45) is 0 Å². The predicted octanol–water partition coefficient (Wildman–Crippen LogP) is 2.63. The molecule has 1 N–H and O–H groups in total. The van der Waals surface area contributed by atoms with Gasteiger partial charge in [-0.2, -0.15) is 0 Å². The molecular weight excluding hydrogens is 314 g/mol. The number of benzene rings is 1. The van der Waals surface area contributed by atoms with E-state index >= 15 is 0 Å². The Kier molecular flexibility index (Phi) is 5.26. The van der Waals surface area contributed by atoms with E-state index in [1.165, 1.54) is 11.3 Å². The number of hydrogen-bond donors (Lipinski definition) is 1. The Morgan fingerprint density at radius 3 is 2.92 bits per heavy atom. The molecule has 25 heavy (non-hydrogen) atoms. The number of anilines is 1. The lowest BCUT2D eigenvalue weighted by atomic mass is 10.1. The van der Waals surface area contributed by atoms with Crippen molar-refractivity contribution in [2.45, 2.75) is 39.4 Å². The molecule has 0 saturated carbocycles. The highest BCUT2D eigenvalue weighted by atomic mass is 16.2. The van der Waals surface area contributed by atoms with E-state index in [2.05, 4.69) is 45.9 Å². The Morgan fingerprint density at radius 1 is 1.36 bits per heavy atom. The number of carbonyl (C=O) groups excluding carboxylic acids is 1. The summed E-state index contributed by atoms with van der Waals surface area (Å²) >= 11 is 0. The van der Waals surface area contributed by atoms with Crippen molar-refractivity contribution in [3.63, 3.8) is 0 Å². The molecule has 1 aliphatic rings. The quantitative estimate of drug-likeness (QED) is 0.870. The topological polar surface area (TPSA) is 53.4 Å². The highest BCUT2D eigenvalue weighted by Crippen LogP contribution is 2.25. The molecule has 0 radical (unpaired) electrons. The molecule has 134 valence electrons. The van der Waals surface area contributed by atoms with Gasteiger partial charge in [0.1, 0.15) is 5.82 Å². The summed E-state index contributed by atoms with van der Waals surface area (Å²) in [6.07, 6.45) is 4.67. The van der Waals surface area contributed by atoms with Crippen molar-refractivity contribution < 1.29 is 4.79 Å². The highest BCUT2D eigenvalue weighted by molar-refractivity contribution is 5.75. The fourth-order valence-corrected chi connectivity index (χ4v) is 3.41. The molecule has 2 amide bonds. The van der Waals surface area contributed by atoms with Gasteiger partial charge in [0.2, 0.25) is 0 Å². The maximum atomic E-state index is 12.7. The van der Waals surface area contributed by atoms with Crippen LogP contribution >= 0.6 is 0 Å². The van der Waals surface area contributed by atoms with Gasteiger partial charge in [0.05, 0.1) is 0 Å². The zero-order valence-corrected chi connectivity index (χ0v) is 15.3. The summed E-state index contributed by atoms with van der Waals surface area (Å²) in [5.41, 5.74) is 2.40. The van der Waals surface area contributed by atoms with Gasteiger partial charge in [-0.3, -0.25) is 0 Å². The van der Waals surface area contributed by atoms with Crippen molar-refractivity contribution >= 4 is 11.7 Å². The molecule has 2 aromatic rings. The maximum Gasteiger partial charge on any atom is 0.318 e. The van der Waals surface area contributed by atoms with Crippen molar-refractivity contribution in [3.05, 3.63) is 48.0 Å². The predicted molar refractivity (Wildman–Crippen MR) is 99.7 cm³/mol. The first-order valence-electron chi connectivity index (χ1n) is 8.87. The lowest BCUT2D eigenvalue weighted by molar-refractivity contribution is 0.178. The number of urea groups is 1. The van der Waals surface area contributed by atoms with Crippen LogP contribution in [0.2, 0.25) is 0 Å². The molecule has 6 heteroatoms. The highest BCUT2D eigenvalue weighted by Gasteiger charge is 2.26. The minimum Gasteiger partial charge on any atom is -0.372 e. The van der Waals surface area contributed by atoms with Gasteiger partial charge < -0.3 is 19.7 Å². The summed E-state index contributed by atoms with van der Waals surface area (Å²) in [7, 11) is 2.09. The molecule has 0 saturated heterocycles. The maximum absolute atomic E-state index is 12.7.